The maximum atomic E-state index is 3.95. The van der Waals surface area contributed by atoms with Crippen LogP contribution in [0.3, 0.4) is 0 Å². The molecule has 0 aliphatic rings. The third-order valence-corrected chi connectivity index (χ3v) is 1.03. The summed E-state index contributed by atoms with van der Waals surface area (Å²) in [5.74, 6) is 1.15. The Morgan fingerprint density at radius 3 is 2.80 bits per heavy atom. The summed E-state index contributed by atoms with van der Waals surface area (Å²) in [6, 6.07) is 0. The molecule has 1 aromatic rings. The van der Waals surface area contributed by atoms with Gasteiger partial charge in [-0.15, -0.1) is 0 Å². The van der Waals surface area contributed by atoms with E-state index in [-0.39, 0.29) is 0 Å². The van der Waals surface area contributed by atoms with E-state index in [9.17, 15) is 0 Å². The molecule has 0 fully saturated rings. The predicted molar refractivity (Wildman–Crippen MR) is 40.4 cm³/mol. The minimum Gasteiger partial charge on any atom is -0.228 e. The largest absolute Gasteiger partial charge is 0.251 e. The van der Waals surface area contributed by atoms with Gasteiger partial charge in [-0.2, -0.15) is 10.1 Å². The highest BCUT2D eigenvalue weighted by Gasteiger charge is 1.99. The fraction of sp³-hybridized carbons (Fsp3) is 0.167. The standard InChI is InChI=1S/C6H8N4/c1-4-10-6(7-3)8-5(2)9-10/h4H,1,3H2,2H3. The molecule has 0 unspecified atom stereocenters. The average molecular weight is 136 g/mol. The van der Waals surface area contributed by atoms with Crippen molar-refractivity contribution < 1.29 is 0 Å². The maximum absolute atomic E-state index is 3.95. The van der Waals surface area contributed by atoms with Gasteiger partial charge >= 0.3 is 0 Å². The number of rotatable bonds is 2. The molecule has 1 aromatic heterocycles. The van der Waals surface area contributed by atoms with Gasteiger partial charge in [0.15, 0.2) is 0 Å². The molecule has 0 aliphatic carbocycles. The van der Waals surface area contributed by atoms with Crippen LogP contribution in [0.2, 0.25) is 0 Å². The minimum atomic E-state index is 0.479. The van der Waals surface area contributed by atoms with Gasteiger partial charge in [0, 0.05) is 6.20 Å². The molecule has 0 amide bonds. The first-order valence-electron chi connectivity index (χ1n) is 2.80. The lowest BCUT2D eigenvalue weighted by atomic mass is 10.7. The third-order valence-electron chi connectivity index (χ3n) is 1.03. The lowest BCUT2D eigenvalue weighted by molar-refractivity contribution is 0.913. The Bertz CT molecular complexity index is 235. The molecule has 0 N–H and O–H groups in total. The molecular weight excluding hydrogens is 128 g/mol. The number of aromatic nitrogens is 3. The molecular formula is C6H8N4. The molecule has 4 heteroatoms. The summed E-state index contributed by atoms with van der Waals surface area (Å²) in [4.78, 5) is 7.58. The summed E-state index contributed by atoms with van der Waals surface area (Å²) < 4.78 is 1.47. The Morgan fingerprint density at radius 1 is 1.70 bits per heavy atom. The van der Waals surface area contributed by atoms with Crippen molar-refractivity contribution in [3.8, 4) is 0 Å². The third kappa shape index (κ3) is 0.953. The van der Waals surface area contributed by atoms with Gasteiger partial charge in [0.05, 0.1) is 0 Å². The summed E-state index contributed by atoms with van der Waals surface area (Å²) in [5.41, 5.74) is 0. The van der Waals surface area contributed by atoms with Gasteiger partial charge in [-0.25, -0.2) is 9.67 Å². The SMILES string of the molecule is C=Cn1nc(C)nc1N=C. The minimum absolute atomic E-state index is 0.479. The molecule has 0 spiro atoms. The second kappa shape index (κ2) is 2.43. The quantitative estimate of drug-likeness (QED) is 0.569. The van der Waals surface area contributed by atoms with Gasteiger partial charge in [0.1, 0.15) is 5.82 Å². The van der Waals surface area contributed by atoms with Gasteiger partial charge < -0.3 is 0 Å². The molecule has 0 bridgehead atoms. The smallest absolute Gasteiger partial charge is 0.228 e. The lowest BCUT2D eigenvalue weighted by Gasteiger charge is -1.88. The monoisotopic (exact) mass is 136 g/mol. The average Bonchev–Trinajstić information content (AvgIpc) is 2.30. The lowest BCUT2D eigenvalue weighted by Crippen LogP contribution is -1.86. The summed E-state index contributed by atoms with van der Waals surface area (Å²) in [6.45, 7) is 8.64. The topological polar surface area (TPSA) is 43.1 Å². The summed E-state index contributed by atoms with van der Waals surface area (Å²) in [7, 11) is 0. The molecule has 10 heavy (non-hydrogen) atoms. The zero-order valence-corrected chi connectivity index (χ0v) is 5.78. The summed E-state index contributed by atoms with van der Waals surface area (Å²) in [5, 5.41) is 3.95. The van der Waals surface area contributed by atoms with E-state index in [1.165, 1.54) is 10.9 Å². The van der Waals surface area contributed by atoms with E-state index in [0.717, 1.165) is 0 Å². The predicted octanol–water partition coefficient (Wildman–Crippen LogP) is 1.02. The van der Waals surface area contributed by atoms with Crippen molar-refractivity contribution in [2.45, 2.75) is 6.92 Å². The summed E-state index contributed by atoms with van der Waals surface area (Å²) >= 11 is 0. The second-order valence-electron chi connectivity index (χ2n) is 1.74. The molecule has 0 radical (unpaired) electrons. The van der Waals surface area contributed by atoms with Crippen molar-refractivity contribution in [2.75, 3.05) is 0 Å². The van der Waals surface area contributed by atoms with E-state index in [0.29, 0.717) is 11.8 Å². The highest BCUT2D eigenvalue weighted by molar-refractivity contribution is 5.38. The molecule has 0 aromatic carbocycles. The highest BCUT2D eigenvalue weighted by atomic mass is 15.4. The Hall–Kier alpha value is -1.45. The van der Waals surface area contributed by atoms with Crippen LogP contribution in [0, 0.1) is 6.92 Å². The van der Waals surface area contributed by atoms with Crippen molar-refractivity contribution in [2.24, 2.45) is 4.99 Å². The second-order valence-corrected chi connectivity index (χ2v) is 1.74. The molecule has 0 saturated heterocycles. The maximum Gasteiger partial charge on any atom is 0.251 e. The number of hydrogen-bond donors (Lipinski definition) is 0. The van der Waals surface area contributed by atoms with Crippen molar-refractivity contribution in [1.82, 2.24) is 14.8 Å². The first-order chi connectivity index (χ1) is 4.77. The molecule has 1 rings (SSSR count). The van der Waals surface area contributed by atoms with Crippen LogP contribution in [-0.4, -0.2) is 21.5 Å². The highest BCUT2D eigenvalue weighted by Crippen LogP contribution is 2.06. The van der Waals surface area contributed by atoms with Crippen molar-refractivity contribution in [1.29, 1.82) is 0 Å². The number of aryl methyl sites for hydroxylation is 1. The number of nitrogens with zero attached hydrogens (tertiary/aromatic N) is 4. The zero-order chi connectivity index (χ0) is 7.56. The fourth-order valence-electron chi connectivity index (χ4n) is 0.649. The van der Waals surface area contributed by atoms with E-state index in [4.69, 9.17) is 0 Å². The molecule has 0 atom stereocenters. The van der Waals surface area contributed by atoms with Crippen LogP contribution in [-0.2, 0) is 0 Å². The van der Waals surface area contributed by atoms with Crippen molar-refractivity contribution >= 4 is 18.9 Å². The van der Waals surface area contributed by atoms with Crippen molar-refractivity contribution in [3.05, 3.63) is 12.4 Å². The Balaban J connectivity index is 3.20. The first-order valence-corrected chi connectivity index (χ1v) is 2.80. The normalized spacial score (nSPS) is 9.30. The Kier molecular flexibility index (Phi) is 1.62. The van der Waals surface area contributed by atoms with Gasteiger partial charge in [-0.3, -0.25) is 0 Å². The fourth-order valence-corrected chi connectivity index (χ4v) is 0.649. The Labute approximate surface area is 58.9 Å². The van der Waals surface area contributed by atoms with Crippen LogP contribution in [0.25, 0.3) is 6.20 Å². The van der Waals surface area contributed by atoms with E-state index in [1.807, 2.05) is 0 Å². The molecule has 52 valence electrons. The van der Waals surface area contributed by atoms with Gasteiger partial charge in [0.25, 0.3) is 5.95 Å². The van der Waals surface area contributed by atoms with Crippen molar-refractivity contribution in [3.63, 3.8) is 0 Å². The van der Waals surface area contributed by atoms with Gasteiger partial charge in [-0.1, -0.05) is 6.58 Å². The molecule has 0 saturated carbocycles. The zero-order valence-electron chi connectivity index (χ0n) is 5.78. The number of hydrogen-bond acceptors (Lipinski definition) is 3. The van der Waals surface area contributed by atoms with Gasteiger partial charge in [0.2, 0.25) is 0 Å². The van der Waals surface area contributed by atoms with E-state index in [2.05, 4.69) is 28.4 Å². The van der Waals surface area contributed by atoms with Crippen LogP contribution in [0.15, 0.2) is 11.6 Å². The van der Waals surface area contributed by atoms with Crippen LogP contribution in [0.4, 0.5) is 5.95 Å². The molecule has 0 aliphatic heterocycles. The molecule has 1 heterocycles. The van der Waals surface area contributed by atoms with Crippen LogP contribution < -0.4 is 0 Å². The first kappa shape index (κ1) is 6.67. The molecule has 4 nitrogen and oxygen atoms in total. The van der Waals surface area contributed by atoms with E-state index in [1.54, 1.807) is 6.92 Å². The van der Waals surface area contributed by atoms with Gasteiger partial charge in [-0.05, 0) is 13.6 Å². The van der Waals surface area contributed by atoms with Crippen LogP contribution >= 0.6 is 0 Å². The summed E-state index contributed by atoms with van der Waals surface area (Å²) in [6.07, 6.45) is 1.53. The number of aliphatic imine (C=N–C) groups is 1. The van der Waals surface area contributed by atoms with E-state index >= 15 is 0 Å². The Morgan fingerprint density at radius 2 is 2.40 bits per heavy atom. The van der Waals surface area contributed by atoms with E-state index < -0.39 is 0 Å². The van der Waals surface area contributed by atoms with Crippen LogP contribution in [0.1, 0.15) is 5.82 Å². The van der Waals surface area contributed by atoms with Crippen LogP contribution in [0.5, 0.6) is 0 Å².